The van der Waals surface area contributed by atoms with Crippen molar-refractivity contribution in [3.05, 3.63) is 60.2 Å². The molecule has 35 heavy (non-hydrogen) atoms. The van der Waals surface area contributed by atoms with Gasteiger partial charge in [0.25, 0.3) is 0 Å². The number of hydrogen-bond acceptors (Lipinski definition) is 5. The van der Waals surface area contributed by atoms with Crippen LogP contribution in [0.25, 0.3) is 22.3 Å². The molecule has 4 aromatic rings. The first-order valence-electron chi connectivity index (χ1n) is 10.5. The van der Waals surface area contributed by atoms with Crippen molar-refractivity contribution in [1.82, 2.24) is 19.7 Å². The Balaban J connectivity index is 1.52. The Bertz CT molecular complexity index is 1380. The number of urea groups is 1. The Labute approximate surface area is 197 Å². The highest BCUT2D eigenvalue weighted by Crippen LogP contribution is 2.32. The predicted molar refractivity (Wildman–Crippen MR) is 124 cm³/mol. The van der Waals surface area contributed by atoms with Crippen LogP contribution in [-0.2, 0) is 6.42 Å². The van der Waals surface area contributed by atoms with Crippen molar-refractivity contribution in [2.45, 2.75) is 32.5 Å². The molecule has 0 radical (unpaired) electrons. The second-order valence-electron chi connectivity index (χ2n) is 8.11. The van der Waals surface area contributed by atoms with Crippen LogP contribution in [0, 0.1) is 5.82 Å². The molecule has 0 saturated heterocycles. The van der Waals surface area contributed by atoms with Crippen LogP contribution in [-0.4, -0.2) is 32.0 Å². The smallest absolute Gasteiger partial charge is 0.383 e. The minimum absolute atomic E-state index is 0.0280. The molecule has 0 atom stereocenters. The van der Waals surface area contributed by atoms with Crippen LogP contribution in [0.15, 0.2) is 48.8 Å². The standard InChI is InChI=1S/C23H21F4N7O/c1-12(2)34-21-18(20(28)29-11-30-21)19(33-34)14-4-6-15(7-5-14)31-22(35)32-17-9-13(3-8-16(17)24)10-23(25,26)27/h3-9,11-12H,10H2,1-2H3,(H2,28,29,30)(H2,31,32,35). The quantitative estimate of drug-likeness (QED) is 0.320. The SMILES string of the molecule is CC(C)n1nc(-c2ccc(NC(=O)Nc3cc(CC(F)(F)F)ccc3F)cc2)c2c(N)ncnc21. The molecule has 0 aliphatic rings. The fraction of sp³-hybridized carbons (Fsp3) is 0.217. The summed E-state index contributed by atoms with van der Waals surface area (Å²) in [6.45, 7) is 3.92. The zero-order valence-corrected chi connectivity index (χ0v) is 18.7. The molecular weight excluding hydrogens is 466 g/mol. The van der Waals surface area contributed by atoms with Gasteiger partial charge in [-0.05, 0) is 43.7 Å². The molecular formula is C23H21F4N7O. The number of nitrogens with zero attached hydrogens (tertiary/aromatic N) is 4. The van der Waals surface area contributed by atoms with Gasteiger partial charge in [-0.2, -0.15) is 18.3 Å². The van der Waals surface area contributed by atoms with Crippen molar-refractivity contribution in [3.8, 4) is 11.3 Å². The van der Waals surface area contributed by atoms with Crippen molar-refractivity contribution in [1.29, 1.82) is 0 Å². The summed E-state index contributed by atoms with van der Waals surface area (Å²) in [5, 5.41) is 9.99. The molecule has 2 heterocycles. The van der Waals surface area contributed by atoms with Gasteiger partial charge in [0.15, 0.2) is 5.65 Å². The molecule has 182 valence electrons. The number of carbonyl (C=O) groups excluding carboxylic acids is 1. The van der Waals surface area contributed by atoms with Crippen LogP contribution >= 0.6 is 0 Å². The highest BCUT2D eigenvalue weighted by atomic mass is 19.4. The summed E-state index contributed by atoms with van der Waals surface area (Å²) in [4.78, 5) is 20.7. The van der Waals surface area contributed by atoms with Gasteiger partial charge >= 0.3 is 12.2 Å². The van der Waals surface area contributed by atoms with Crippen molar-refractivity contribution < 1.29 is 22.4 Å². The molecule has 4 rings (SSSR count). The number of anilines is 3. The molecule has 2 amide bonds. The average Bonchev–Trinajstić information content (AvgIpc) is 3.17. The van der Waals surface area contributed by atoms with Gasteiger partial charge in [0.1, 0.15) is 23.7 Å². The number of fused-ring (bicyclic) bond motifs is 1. The second kappa shape index (κ2) is 9.20. The molecule has 2 aromatic carbocycles. The lowest BCUT2D eigenvalue weighted by molar-refractivity contribution is -0.127. The third-order valence-corrected chi connectivity index (χ3v) is 5.11. The number of alkyl halides is 3. The molecule has 0 unspecified atom stereocenters. The number of rotatable bonds is 5. The molecule has 0 bridgehead atoms. The monoisotopic (exact) mass is 487 g/mol. The summed E-state index contributed by atoms with van der Waals surface area (Å²) >= 11 is 0. The largest absolute Gasteiger partial charge is 0.393 e. The Morgan fingerprint density at radius 3 is 2.46 bits per heavy atom. The van der Waals surface area contributed by atoms with Crippen LogP contribution in [0.5, 0.6) is 0 Å². The number of amides is 2. The lowest BCUT2D eigenvalue weighted by Gasteiger charge is -2.11. The molecule has 0 spiro atoms. The zero-order chi connectivity index (χ0) is 25.3. The first-order valence-corrected chi connectivity index (χ1v) is 10.5. The van der Waals surface area contributed by atoms with Crippen molar-refractivity contribution in [2.24, 2.45) is 0 Å². The van der Waals surface area contributed by atoms with E-state index in [1.807, 2.05) is 13.8 Å². The van der Waals surface area contributed by atoms with E-state index in [1.165, 1.54) is 6.33 Å². The van der Waals surface area contributed by atoms with Gasteiger partial charge in [-0.15, -0.1) is 0 Å². The number of nitrogens with two attached hydrogens (primary N) is 1. The summed E-state index contributed by atoms with van der Waals surface area (Å²) in [7, 11) is 0. The van der Waals surface area contributed by atoms with Crippen molar-refractivity contribution in [3.63, 3.8) is 0 Å². The summed E-state index contributed by atoms with van der Waals surface area (Å²) in [6.07, 6.45) is -4.32. The molecule has 0 aliphatic heterocycles. The van der Waals surface area contributed by atoms with Crippen LogP contribution in [0.2, 0.25) is 0 Å². The summed E-state index contributed by atoms with van der Waals surface area (Å²) in [5.74, 6) is -0.567. The zero-order valence-electron chi connectivity index (χ0n) is 18.7. The number of nitrogen functional groups attached to an aromatic ring is 1. The summed E-state index contributed by atoms with van der Waals surface area (Å²) in [5.41, 5.74) is 7.78. The van der Waals surface area contributed by atoms with Gasteiger partial charge in [0.2, 0.25) is 0 Å². The Morgan fingerprint density at radius 1 is 1.09 bits per heavy atom. The van der Waals surface area contributed by atoms with E-state index < -0.39 is 24.4 Å². The highest BCUT2D eigenvalue weighted by molar-refractivity contribution is 6.01. The van der Waals surface area contributed by atoms with E-state index in [4.69, 9.17) is 5.73 Å². The number of aromatic nitrogens is 4. The Hall–Kier alpha value is -4.22. The number of halogens is 4. The van der Waals surface area contributed by atoms with Gasteiger partial charge in [-0.25, -0.2) is 23.8 Å². The maximum Gasteiger partial charge on any atom is 0.393 e. The van der Waals surface area contributed by atoms with Gasteiger partial charge in [0, 0.05) is 17.3 Å². The van der Waals surface area contributed by atoms with Crippen LogP contribution in [0.3, 0.4) is 0 Å². The first-order chi connectivity index (χ1) is 16.5. The first kappa shape index (κ1) is 23.9. The maximum atomic E-state index is 14.0. The van der Waals surface area contributed by atoms with Crippen molar-refractivity contribution in [2.75, 3.05) is 16.4 Å². The molecule has 4 N–H and O–H groups in total. The van der Waals surface area contributed by atoms with E-state index in [2.05, 4.69) is 25.7 Å². The van der Waals surface area contributed by atoms with E-state index in [9.17, 15) is 22.4 Å². The number of nitrogens with one attached hydrogen (secondary N) is 2. The fourth-order valence-electron chi connectivity index (χ4n) is 3.56. The second-order valence-corrected chi connectivity index (χ2v) is 8.11. The third kappa shape index (κ3) is 5.31. The van der Waals surface area contributed by atoms with Crippen LogP contribution in [0.1, 0.15) is 25.5 Å². The lowest BCUT2D eigenvalue weighted by Crippen LogP contribution is -2.20. The number of hydrogen-bond donors (Lipinski definition) is 3. The topological polar surface area (TPSA) is 111 Å². The minimum Gasteiger partial charge on any atom is -0.383 e. The summed E-state index contributed by atoms with van der Waals surface area (Å²) < 4.78 is 53.6. The van der Waals surface area contributed by atoms with E-state index in [0.717, 1.165) is 18.2 Å². The Morgan fingerprint density at radius 2 is 1.80 bits per heavy atom. The molecule has 8 nitrogen and oxygen atoms in total. The molecule has 12 heteroatoms. The maximum absolute atomic E-state index is 14.0. The molecule has 0 saturated carbocycles. The van der Waals surface area contributed by atoms with Gasteiger partial charge in [0.05, 0.1) is 17.5 Å². The van der Waals surface area contributed by atoms with Gasteiger partial charge in [-0.1, -0.05) is 18.2 Å². The normalized spacial score (nSPS) is 11.7. The molecule has 0 aliphatic carbocycles. The Kier molecular flexibility index (Phi) is 6.29. The van der Waals surface area contributed by atoms with E-state index in [0.29, 0.717) is 28.0 Å². The third-order valence-electron chi connectivity index (χ3n) is 5.11. The number of benzene rings is 2. The highest BCUT2D eigenvalue weighted by Gasteiger charge is 2.28. The molecule has 0 fully saturated rings. The van der Waals surface area contributed by atoms with E-state index >= 15 is 0 Å². The molecule has 2 aromatic heterocycles. The average molecular weight is 487 g/mol. The van der Waals surface area contributed by atoms with E-state index in [1.54, 1.807) is 28.9 Å². The van der Waals surface area contributed by atoms with Crippen LogP contribution in [0.4, 0.5) is 39.5 Å². The minimum atomic E-state index is -4.45. The predicted octanol–water partition coefficient (Wildman–Crippen LogP) is 5.54. The van der Waals surface area contributed by atoms with E-state index in [-0.39, 0.29) is 23.1 Å². The van der Waals surface area contributed by atoms with Gasteiger partial charge < -0.3 is 16.4 Å². The van der Waals surface area contributed by atoms with Crippen LogP contribution < -0.4 is 16.4 Å². The number of carbonyl (C=O) groups is 1. The van der Waals surface area contributed by atoms with Crippen molar-refractivity contribution >= 4 is 34.3 Å². The van der Waals surface area contributed by atoms with Gasteiger partial charge in [-0.3, -0.25) is 0 Å². The summed E-state index contributed by atoms with van der Waals surface area (Å²) in [6, 6.07) is 8.69. The fourth-order valence-corrected chi connectivity index (χ4v) is 3.56. The lowest BCUT2D eigenvalue weighted by atomic mass is 10.1.